The summed E-state index contributed by atoms with van der Waals surface area (Å²) in [7, 11) is 0. The second-order valence-corrected chi connectivity index (χ2v) is 5.11. The maximum atomic E-state index is 10.6. The van der Waals surface area contributed by atoms with E-state index in [9.17, 15) is 4.79 Å². The number of rotatable bonds is 2. The highest BCUT2D eigenvalue weighted by Gasteiger charge is 2.45. The molecule has 0 aromatic carbocycles. The fourth-order valence-electron chi connectivity index (χ4n) is 3.35. The Bertz CT molecular complexity index is 304. The first-order chi connectivity index (χ1) is 7.24. The van der Waals surface area contributed by atoms with Crippen LogP contribution in [0.2, 0.25) is 0 Å². The number of fused-ring (bicyclic) bond motifs is 2. The predicted octanol–water partition coefficient (Wildman–Crippen LogP) is 1.79. The van der Waals surface area contributed by atoms with Crippen molar-refractivity contribution in [2.45, 2.75) is 56.7 Å². The molecule has 3 nitrogen and oxygen atoms in total. The van der Waals surface area contributed by atoms with Crippen molar-refractivity contribution in [2.75, 3.05) is 0 Å². The fraction of sp³-hybridized carbons (Fsp3) is 0.750. The standard InChI is InChI=1S/C12H17NO2/c14-12(15)7-8-5-10-3-4-11(6-8)13(10)9-1-2-9/h7,9-11H,1-6H2,(H,14,15). The number of hydrogen-bond donors (Lipinski definition) is 1. The Morgan fingerprint density at radius 2 is 1.67 bits per heavy atom. The summed E-state index contributed by atoms with van der Waals surface area (Å²) in [5.41, 5.74) is 1.16. The van der Waals surface area contributed by atoms with Gasteiger partial charge in [-0.3, -0.25) is 4.90 Å². The molecule has 2 heterocycles. The van der Waals surface area contributed by atoms with E-state index in [4.69, 9.17) is 5.11 Å². The first kappa shape index (κ1) is 9.40. The fourth-order valence-corrected chi connectivity index (χ4v) is 3.35. The van der Waals surface area contributed by atoms with Gasteiger partial charge in [0.1, 0.15) is 0 Å². The predicted molar refractivity (Wildman–Crippen MR) is 56.6 cm³/mol. The van der Waals surface area contributed by atoms with Gasteiger partial charge in [0.25, 0.3) is 0 Å². The number of carboxylic acids is 1. The van der Waals surface area contributed by atoms with Crippen LogP contribution in [-0.4, -0.2) is 34.1 Å². The molecule has 0 aromatic rings. The largest absolute Gasteiger partial charge is 0.478 e. The average Bonchev–Trinajstić information content (AvgIpc) is 2.94. The second-order valence-electron chi connectivity index (χ2n) is 5.11. The molecular formula is C12H17NO2. The number of carboxylic acid groups (broad SMARTS) is 1. The minimum absolute atomic E-state index is 0.654. The maximum Gasteiger partial charge on any atom is 0.328 e. The van der Waals surface area contributed by atoms with Crippen molar-refractivity contribution in [3.8, 4) is 0 Å². The van der Waals surface area contributed by atoms with Crippen LogP contribution in [0.4, 0.5) is 0 Å². The Kier molecular flexibility index (Phi) is 2.09. The van der Waals surface area contributed by atoms with Crippen LogP contribution in [0.25, 0.3) is 0 Å². The quantitative estimate of drug-likeness (QED) is 0.702. The lowest BCUT2D eigenvalue weighted by atomic mass is 9.96. The molecule has 3 rings (SSSR count). The van der Waals surface area contributed by atoms with E-state index in [1.165, 1.54) is 31.8 Å². The van der Waals surface area contributed by atoms with E-state index in [1.807, 2.05) is 0 Å². The van der Waals surface area contributed by atoms with Crippen molar-refractivity contribution in [3.63, 3.8) is 0 Å². The molecule has 3 heteroatoms. The third-order valence-corrected chi connectivity index (χ3v) is 3.97. The molecule has 0 aromatic heterocycles. The van der Waals surface area contributed by atoms with Crippen LogP contribution in [0.1, 0.15) is 38.5 Å². The van der Waals surface area contributed by atoms with Crippen LogP contribution >= 0.6 is 0 Å². The zero-order valence-electron chi connectivity index (χ0n) is 8.85. The van der Waals surface area contributed by atoms with E-state index in [1.54, 1.807) is 0 Å². The van der Waals surface area contributed by atoms with Gasteiger partial charge < -0.3 is 5.11 Å². The highest BCUT2D eigenvalue weighted by Crippen LogP contribution is 2.44. The third-order valence-electron chi connectivity index (χ3n) is 3.97. The van der Waals surface area contributed by atoms with Gasteiger partial charge in [-0.25, -0.2) is 4.79 Å². The smallest absolute Gasteiger partial charge is 0.328 e. The minimum atomic E-state index is -0.774. The molecule has 15 heavy (non-hydrogen) atoms. The molecule has 2 unspecified atom stereocenters. The van der Waals surface area contributed by atoms with Gasteiger partial charge >= 0.3 is 5.97 Å². The summed E-state index contributed by atoms with van der Waals surface area (Å²) in [5.74, 6) is -0.774. The molecule has 3 aliphatic rings. The summed E-state index contributed by atoms with van der Waals surface area (Å²) in [6.07, 6.45) is 8.72. The van der Waals surface area contributed by atoms with Crippen molar-refractivity contribution in [1.29, 1.82) is 0 Å². The Morgan fingerprint density at radius 3 is 2.13 bits per heavy atom. The molecule has 82 valence electrons. The number of nitrogens with zero attached hydrogens (tertiary/aromatic N) is 1. The van der Waals surface area contributed by atoms with Crippen molar-refractivity contribution < 1.29 is 9.90 Å². The van der Waals surface area contributed by atoms with Gasteiger partial charge in [-0.1, -0.05) is 5.57 Å². The lowest BCUT2D eigenvalue weighted by Gasteiger charge is -2.36. The molecular weight excluding hydrogens is 190 g/mol. The Balaban J connectivity index is 1.76. The Labute approximate surface area is 89.8 Å². The zero-order valence-corrected chi connectivity index (χ0v) is 8.85. The lowest BCUT2D eigenvalue weighted by Crippen LogP contribution is -2.42. The van der Waals surface area contributed by atoms with Gasteiger partial charge in [0, 0.05) is 24.2 Å². The van der Waals surface area contributed by atoms with Gasteiger partial charge in [0.2, 0.25) is 0 Å². The van der Waals surface area contributed by atoms with Gasteiger partial charge in [-0.2, -0.15) is 0 Å². The molecule has 2 aliphatic heterocycles. The highest BCUT2D eigenvalue weighted by atomic mass is 16.4. The van der Waals surface area contributed by atoms with Crippen molar-refractivity contribution in [3.05, 3.63) is 11.6 Å². The summed E-state index contributed by atoms with van der Waals surface area (Å²) in [4.78, 5) is 13.3. The zero-order chi connectivity index (χ0) is 10.4. The molecule has 1 aliphatic carbocycles. The van der Waals surface area contributed by atoms with E-state index in [-0.39, 0.29) is 0 Å². The van der Waals surface area contributed by atoms with E-state index >= 15 is 0 Å². The van der Waals surface area contributed by atoms with Crippen LogP contribution in [0.3, 0.4) is 0 Å². The normalized spacial score (nSPS) is 35.6. The lowest BCUT2D eigenvalue weighted by molar-refractivity contribution is -0.131. The molecule has 2 saturated heterocycles. The number of piperidine rings is 1. The van der Waals surface area contributed by atoms with Gasteiger partial charge in [0.05, 0.1) is 0 Å². The summed E-state index contributed by atoms with van der Waals surface area (Å²) in [6, 6.07) is 2.15. The summed E-state index contributed by atoms with van der Waals surface area (Å²) in [5, 5.41) is 8.76. The monoisotopic (exact) mass is 207 g/mol. The van der Waals surface area contributed by atoms with E-state index in [2.05, 4.69) is 4.90 Å². The first-order valence-electron chi connectivity index (χ1n) is 5.94. The third kappa shape index (κ3) is 1.69. The first-order valence-corrected chi connectivity index (χ1v) is 5.94. The summed E-state index contributed by atoms with van der Waals surface area (Å²) >= 11 is 0. The van der Waals surface area contributed by atoms with Gasteiger partial charge in [-0.05, 0) is 38.5 Å². The van der Waals surface area contributed by atoms with Crippen molar-refractivity contribution in [2.24, 2.45) is 0 Å². The molecule has 3 fully saturated rings. The molecule has 0 amide bonds. The molecule has 0 radical (unpaired) electrons. The molecule has 2 atom stereocenters. The number of carbonyl (C=O) groups is 1. The van der Waals surface area contributed by atoms with Crippen LogP contribution in [0.15, 0.2) is 11.6 Å². The number of aliphatic carboxylic acids is 1. The number of hydrogen-bond acceptors (Lipinski definition) is 2. The van der Waals surface area contributed by atoms with E-state index in [0.29, 0.717) is 12.1 Å². The van der Waals surface area contributed by atoms with Gasteiger partial charge in [-0.15, -0.1) is 0 Å². The molecule has 1 saturated carbocycles. The van der Waals surface area contributed by atoms with Crippen LogP contribution in [-0.2, 0) is 4.79 Å². The Hall–Kier alpha value is -0.830. The topological polar surface area (TPSA) is 40.5 Å². The van der Waals surface area contributed by atoms with Gasteiger partial charge in [0.15, 0.2) is 0 Å². The second kappa shape index (κ2) is 3.34. The summed E-state index contributed by atoms with van der Waals surface area (Å²) in [6.45, 7) is 0. The van der Waals surface area contributed by atoms with E-state index in [0.717, 1.165) is 24.5 Å². The van der Waals surface area contributed by atoms with E-state index < -0.39 is 5.97 Å². The van der Waals surface area contributed by atoms with Crippen molar-refractivity contribution in [1.82, 2.24) is 4.90 Å². The highest BCUT2D eigenvalue weighted by molar-refractivity contribution is 5.80. The SMILES string of the molecule is O=C(O)C=C1CC2CCC(C1)N2C1CC1. The Morgan fingerprint density at radius 1 is 1.13 bits per heavy atom. The van der Waals surface area contributed by atoms with Crippen LogP contribution in [0.5, 0.6) is 0 Å². The minimum Gasteiger partial charge on any atom is -0.478 e. The molecule has 0 spiro atoms. The molecule has 2 bridgehead atoms. The maximum absolute atomic E-state index is 10.6. The summed E-state index contributed by atoms with van der Waals surface area (Å²) < 4.78 is 0. The average molecular weight is 207 g/mol. The van der Waals surface area contributed by atoms with Crippen LogP contribution in [0, 0.1) is 0 Å². The van der Waals surface area contributed by atoms with Crippen molar-refractivity contribution >= 4 is 5.97 Å². The molecule has 1 N–H and O–H groups in total. The van der Waals surface area contributed by atoms with Crippen LogP contribution < -0.4 is 0 Å².